The number of anilines is 1. The summed E-state index contributed by atoms with van der Waals surface area (Å²) in [5.41, 5.74) is 1.47. The van der Waals surface area contributed by atoms with Crippen molar-refractivity contribution in [1.82, 2.24) is 9.97 Å². The molecule has 88 valence electrons. The van der Waals surface area contributed by atoms with Crippen LogP contribution in [0.1, 0.15) is 11.3 Å². The molecule has 0 spiro atoms. The van der Waals surface area contributed by atoms with Crippen LogP contribution in [0.4, 0.5) is 14.7 Å². The fourth-order valence-corrected chi connectivity index (χ4v) is 1.36. The van der Waals surface area contributed by atoms with Crippen LogP contribution in [0.3, 0.4) is 0 Å². The van der Waals surface area contributed by atoms with Crippen molar-refractivity contribution < 1.29 is 8.78 Å². The Hall–Kier alpha value is -2.04. The smallest absolute Gasteiger partial charge is 0.223 e. The SMILES string of the molecule is Cc1ccnc(NCc2ccc(F)c(F)c2)n1. The van der Waals surface area contributed by atoms with Gasteiger partial charge < -0.3 is 5.32 Å². The van der Waals surface area contributed by atoms with Crippen LogP contribution < -0.4 is 5.32 Å². The quantitative estimate of drug-likeness (QED) is 0.888. The van der Waals surface area contributed by atoms with Crippen molar-refractivity contribution in [3.05, 3.63) is 53.4 Å². The number of rotatable bonds is 3. The molecule has 5 heteroatoms. The maximum absolute atomic E-state index is 12.9. The second-order valence-corrected chi connectivity index (χ2v) is 3.62. The number of hydrogen-bond donors (Lipinski definition) is 1. The molecule has 2 aromatic rings. The summed E-state index contributed by atoms with van der Waals surface area (Å²) in [5, 5.41) is 2.94. The van der Waals surface area contributed by atoms with Gasteiger partial charge in [0.15, 0.2) is 11.6 Å². The molecule has 1 aromatic heterocycles. The zero-order chi connectivity index (χ0) is 12.3. The molecule has 0 amide bonds. The van der Waals surface area contributed by atoms with Crippen LogP contribution in [0.15, 0.2) is 30.5 Å². The minimum absolute atomic E-state index is 0.348. The summed E-state index contributed by atoms with van der Waals surface area (Å²) in [5.74, 6) is -1.23. The van der Waals surface area contributed by atoms with Crippen molar-refractivity contribution in [3.63, 3.8) is 0 Å². The highest BCUT2D eigenvalue weighted by Gasteiger charge is 2.03. The fraction of sp³-hybridized carbons (Fsp3) is 0.167. The molecule has 0 aliphatic rings. The van der Waals surface area contributed by atoms with E-state index in [0.717, 1.165) is 17.8 Å². The molecule has 1 N–H and O–H groups in total. The normalized spacial score (nSPS) is 10.3. The van der Waals surface area contributed by atoms with E-state index >= 15 is 0 Å². The van der Waals surface area contributed by atoms with E-state index in [1.165, 1.54) is 6.07 Å². The number of nitrogens with one attached hydrogen (secondary N) is 1. The predicted octanol–water partition coefficient (Wildman–Crippen LogP) is 2.68. The molecule has 1 aromatic carbocycles. The minimum atomic E-state index is -0.852. The molecule has 0 atom stereocenters. The highest BCUT2D eigenvalue weighted by atomic mass is 19.2. The second kappa shape index (κ2) is 4.86. The Bertz CT molecular complexity index is 529. The first-order chi connectivity index (χ1) is 8.15. The molecule has 0 aliphatic carbocycles. The molecule has 0 fully saturated rings. The average Bonchev–Trinajstić information content (AvgIpc) is 2.31. The first-order valence-electron chi connectivity index (χ1n) is 5.12. The van der Waals surface area contributed by atoms with Gasteiger partial charge in [0.1, 0.15) is 0 Å². The highest BCUT2D eigenvalue weighted by molar-refractivity contribution is 5.28. The fourth-order valence-electron chi connectivity index (χ4n) is 1.36. The van der Waals surface area contributed by atoms with Gasteiger partial charge in [-0.3, -0.25) is 0 Å². The first kappa shape index (κ1) is 11.4. The number of benzene rings is 1. The van der Waals surface area contributed by atoms with E-state index < -0.39 is 11.6 Å². The average molecular weight is 235 g/mol. The molecule has 0 saturated heterocycles. The van der Waals surface area contributed by atoms with Crippen LogP contribution in [0.25, 0.3) is 0 Å². The van der Waals surface area contributed by atoms with Gasteiger partial charge in [-0.05, 0) is 30.7 Å². The van der Waals surface area contributed by atoms with Gasteiger partial charge in [-0.15, -0.1) is 0 Å². The number of aromatic nitrogens is 2. The van der Waals surface area contributed by atoms with Crippen LogP contribution in [0, 0.1) is 18.6 Å². The maximum Gasteiger partial charge on any atom is 0.223 e. The molecule has 1 heterocycles. The van der Waals surface area contributed by atoms with Crippen molar-refractivity contribution in [1.29, 1.82) is 0 Å². The third-order valence-electron chi connectivity index (χ3n) is 2.23. The maximum atomic E-state index is 12.9. The van der Waals surface area contributed by atoms with Gasteiger partial charge in [-0.25, -0.2) is 18.7 Å². The van der Waals surface area contributed by atoms with Crippen molar-refractivity contribution in [3.8, 4) is 0 Å². The third kappa shape index (κ3) is 2.96. The monoisotopic (exact) mass is 235 g/mol. The lowest BCUT2D eigenvalue weighted by molar-refractivity contribution is 0.507. The molecule has 17 heavy (non-hydrogen) atoms. The zero-order valence-corrected chi connectivity index (χ0v) is 9.24. The number of aryl methyl sites for hydroxylation is 1. The summed E-state index contributed by atoms with van der Waals surface area (Å²) in [6, 6.07) is 5.55. The number of nitrogens with zero attached hydrogens (tertiary/aromatic N) is 2. The first-order valence-corrected chi connectivity index (χ1v) is 5.12. The topological polar surface area (TPSA) is 37.8 Å². The lowest BCUT2D eigenvalue weighted by atomic mass is 10.2. The van der Waals surface area contributed by atoms with Crippen molar-refractivity contribution in [2.75, 3.05) is 5.32 Å². The van der Waals surface area contributed by atoms with Gasteiger partial charge in [-0.2, -0.15) is 0 Å². The summed E-state index contributed by atoms with van der Waals surface area (Å²) in [6.07, 6.45) is 1.63. The molecule has 3 nitrogen and oxygen atoms in total. The van der Waals surface area contributed by atoms with Gasteiger partial charge in [0, 0.05) is 18.4 Å². The summed E-state index contributed by atoms with van der Waals surface area (Å²) >= 11 is 0. The van der Waals surface area contributed by atoms with E-state index in [2.05, 4.69) is 15.3 Å². The predicted molar refractivity (Wildman–Crippen MR) is 60.5 cm³/mol. The molecule has 0 aliphatic heterocycles. The van der Waals surface area contributed by atoms with E-state index in [9.17, 15) is 8.78 Å². The Balaban J connectivity index is 2.05. The van der Waals surface area contributed by atoms with Crippen LogP contribution >= 0.6 is 0 Å². The Morgan fingerprint density at radius 1 is 1.18 bits per heavy atom. The Labute approximate surface area is 97.5 Å². The second-order valence-electron chi connectivity index (χ2n) is 3.62. The number of halogens is 2. The molecular formula is C12H11F2N3. The van der Waals surface area contributed by atoms with Crippen LogP contribution in [-0.2, 0) is 6.54 Å². The van der Waals surface area contributed by atoms with Crippen molar-refractivity contribution >= 4 is 5.95 Å². The standard InChI is InChI=1S/C12H11F2N3/c1-8-4-5-15-12(17-8)16-7-9-2-3-10(13)11(14)6-9/h2-6H,7H2,1H3,(H,15,16,17). The molecule has 0 saturated carbocycles. The van der Waals surface area contributed by atoms with Crippen LogP contribution in [-0.4, -0.2) is 9.97 Å². The lowest BCUT2D eigenvalue weighted by Gasteiger charge is -2.05. The van der Waals surface area contributed by atoms with Crippen molar-refractivity contribution in [2.24, 2.45) is 0 Å². The molecular weight excluding hydrogens is 224 g/mol. The van der Waals surface area contributed by atoms with E-state index in [4.69, 9.17) is 0 Å². The van der Waals surface area contributed by atoms with Crippen LogP contribution in [0.2, 0.25) is 0 Å². The zero-order valence-electron chi connectivity index (χ0n) is 9.24. The lowest BCUT2D eigenvalue weighted by Crippen LogP contribution is -2.04. The van der Waals surface area contributed by atoms with E-state index in [1.54, 1.807) is 12.3 Å². The van der Waals surface area contributed by atoms with Gasteiger partial charge in [-0.1, -0.05) is 6.07 Å². The van der Waals surface area contributed by atoms with Crippen molar-refractivity contribution in [2.45, 2.75) is 13.5 Å². The van der Waals surface area contributed by atoms with E-state index in [0.29, 0.717) is 18.1 Å². The largest absolute Gasteiger partial charge is 0.350 e. The highest BCUT2D eigenvalue weighted by Crippen LogP contribution is 2.10. The van der Waals surface area contributed by atoms with Gasteiger partial charge in [0.2, 0.25) is 5.95 Å². The van der Waals surface area contributed by atoms with Crippen LogP contribution in [0.5, 0.6) is 0 Å². The van der Waals surface area contributed by atoms with E-state index in [1.807, 2.05) is 6.92 Å². The summed E-state index contributed by atoms with van der Waals surface area (Å²) in [4.78, 5) is 8.14. The summed E-state index contributed by atoms with van der Waals surface area (Å²) < 4.78 is 25.6. The van der Waals surface area contributed by atoms with E-state index in [-0.39, 0.29) is 0 Å². The van der Waals surface area contributed by atoms with Gasteiger partial charge in [0.05, 0.1) is 0 Å². The summed E-state index contributed by atoms with van der Waals surface area (Å²) in [7, 11) is 0. The van der Waals surface area contributed by atoms with Gasteiger partial charge >= 0.3 is 0 Å². The Morgan fingerprint density at radius 2 is 2.00 bits per heavy atom. The number of hydrogen-bond acceptors (Lipinski definition) is 3. The molecule has 0 radical (unpaired) electrons. The molecule has 0 unspecified atom stereocenters. The minimum Gasteiger partial charge on any atom is -0.350 e. The molecule has 0 bridgehead atoms. The van der Waals surface area contributed by atoms with Gasteiger partial charge in [0.25, 0.3) is 0 Å². The third-order valence-corrected chi connectivity index (χ3v) is 2.23. The Morgan fingerprint density at radius 3 is 2.71 bits per heavy atom. The Kier molecular flexibility index (Phi) is 3.27. The summed E-state index contributed by atoms with van der Waals surface area (Å²) in [6.45, 7) is 2.20. The molecule has 2 rings (SSSR count).